The maximum atomic E-state index is 12.7. The van der Waals surface area contributed by atoms with Crippen molar-refractivity contribution in [1.29, 1.82) is 0 Å². The van der Waals surface area contributed by atoms with E-state index >= 15 is 0 Å². The summed E-state index contributed by atoms with van der Waals surface area (Å²) in [5.74, 6) is 0.316. The average molecular weight is 483 g/mol. The fraction of sp³-hybridized carbons (Fsp3) is 0.318. The molecule has 0 saturated heterocycles. The van der Waals surface area contributed by atoms with Gasteiger partial charge in [-0.1, -0.05) is 0 Å². The topological polar surface area (TPSA) is 74.8 Å². The normalized spacial score (nSPS) is 12.2. The molecule has 0 aliphatic carbocycles. The van der Waals surface area contributed by atoms with Gasteiger partial charge in [0, 0.05) is 31.2 Å². The summed E-state index contributed by atoms with van der Waals surface area (Å²) in [6, 6.07) is 10.9. The summed E-state index contributed by atoms with van der Waals surface area (Å²) in [6.45, 7) is 3.60. The molecule has 7 nitrogen and oxygen atoms in total. The molecule has 2 aromatic carbocycles. The number of hydrogen-bond acceptors (Lipinski definition) is 6. The Balaban J connectivity index is 1.81. The molecule has 33 heavy (non-hydrogen) atoms. The molecular weight excluding hydrogens is 457 g/mol. The zero-order chi connectivity index (χ0) is 24.4. The van der Waals surface area contributed by atoms with Crippen molar-refractivity contribution in [2.45, 2.75) is 18.2 Å². The first-order chi connectivity index (χ1) is 15.3. The molecule has 1 N–H and O–H groups in total. The van der Waals surface area contributed by atoms with E-state index in [4.69, 9.17) is 0 Å². The molecule has 3 aromatic rings. The van der Waals surface area contributed by atoms with Crippen LogP contribution < -0.4 is 14.4 Å². The third-order valence-electron chi connectivity index (χ3n) is 4.90. The predicted molar refractivity (Wildman–Crippen MR) is 122 cm³/mol. The lowest BCUT2D eigenvalue weighted by Crippen LogP contribution is -2.29. The van der Waals surface area contributed by atoms with Crippen LogP contribution in [0.2, 0.25) is 0 Å². The number of halogens is 3. The van der Waals surface area contributed by atoms with E-state index in [0.717, 1.165) is 59.6 Å². The monoisotopic (exact) mass is 482 g/mol. The molecule has 0 unspecified atom stereocenters. The van der Waals surface area contributed by atoms with Crippen LogP contribution in [0, 0.1) is 6.92 Å². The number of aromatic nitrogens is 1. The van der Waals surface area contributed by atoms with Crippen molar-refractivity contribution in [2.75, 3.05) is 43.9 Å². The zero-order valence-electron chi connectivity index (χ0n) is 18.6. The first-order valence-electron chi connectivity index (χ1n) is 10.00. The summed E-state index contributed by atoms with van der Waals surface area (Å²) >= 11 is 0. The van der Waals surface area contributed by atoms with Crippen LogP contribution in [0.5, 0.6) is 5.75 Å². The van der Waals surface area contributed by atoms with Gasteiger partial charge in [0.1, 0.15) is 11.6 Å². The summed E-state index contributed by atoms with van der Waals surface area (Å²) < 4.78 is 68.5. The highest BCUT2D eigenvalue weighted by Gasteiger charge is 2.31. The number of aryl methyl sites for hydroxylation is 1. The lowest BCUT2D eigenvalue weighted by atomic mass is 10.1. The van der Waals surface area contributed by atoms with Crippen molar-refractivity contribution in [3.63, 3.8) is 0 Å². The Hall–Kier alpha value is -3.05. The van der Waals surface area contributed by atoms with Crippen molar-refractivity contribution < 1.29 is 26.3 Å². The number of likely N-dealkylation sites (N-methyl/N-ethyl adjacent to an activating group) is 2. The van der Waals surface area contributed by atoms with Gasteiger partial charge >= 0.3 is 6.36 Å². The molecule has 0 amide bonds. The molecule has 0 atom stereocenters. The summed E-state index contributed by atoms with van der Waals surface area (Å²) in [7, 11) is 1.95. The number of sulfonamides is 1. The van der Waals surface area contributed by atoms with Gasteiger partial charge in [-0.05, 0) is 75.1 Å². The molecule has 0 saturated carbocycles. The highest BCUT2D eigenvalue weighted by Crippen LogP contribution is 2.28. The Morgan fingerprint density at radius 2 is 1.67 bits per heavy atom. The minimum atomic E-state index is -4.85. The maximum absolute atomic E-state index is 12.7. The summed E-state index contributed by atoms with van der Waals surface area (Å²) in [4.78, 5) is 8.62. The van der Waals surface area contributed by atoms with E-state index in [1.165, 1.54) is 0 Å². The van der Waals surface area contributed by atoms with E-state index in [-0.39, 0.29) is 4.90 Å². The molecule has 0 spiro atoms. The van der Waals surface area contributed by atoms with Gasteiger partial charge < -0.3 is 14.5 Å². The third kappa shape index (κ3) is 6.48. The number of pyridine rings is 1. The number of alkyl halides is 3. The van der Waals surface area contributed by atoms with Crippen LogP contribution in [0.4, 0.5) is 24.7 Å². The first kappa shape index (κ1) is 24.6. The number of nitrogens with one attached hydrogen (secondary N) is 1. The lowest BCUT2D eigenvalue weighted by Gasteiger charge is -2.21. The van der Waals surface area contributed by atoms with E-state index in [1.807, 2.05) is 34.1 Å². The van der Waals surface area contributed by atoms with Crippen LogP contribution in [-0.4, -0.2) is 58.9 Å². The summed E-state index contributed by atoms with van der Waals surface area (Å²) in [5.41, 5.74) is 1.97. The standard InChI is InChI=1S/C22H25F3N4O3S/c1-15-13-21(29(4)12-11-28(2)3)26-20-10-5-16(14-19(15)20)27-33(30,31)18-8-6-17(7-9-18)32-22(23,24)25/h5-10,13-14,27H,11-12H2,1-4H3. The number of rotatable bonds is 8. The maximum Gasteiger partial charge on any atom is 0.573 e. The van der Waals surface area contributed by atoms with E-state index in [9.17, 15) is 21.6 Å². The Labute approximate surface area is 190 Å². The molecule has 0 aliphatic rings. The first-order valence-corrected chi connectivity index (χ1v) is 11.5. The minimum Gasteiger partial charge on any atom is -0.406 e. The molecular formula is C22H25F3N4O3S. The predicted octanol–water partition coefficient (Wildman–Crippen LogP) is 4.24. The second-order valence-corrected chi connectivity index (χ2v) is 9.56. The van der Waals surface area contributed by atoms with Crippen molar-refractivity contribution in [3.05, 3.63) is 54.1 Å². The van der Waals surface area contributed by atoms with Crippen molar-refractivity contribution >= 4 is 32.4 Å². The molecule has 0 radical (unpaired) electrons. The van der Waals surface area contributed by atoms with Crippen LogP contribution in [0.25, 0.3) is 10.9 Å². The quantitative estimate of drug-likeness (QED) is 0.518. The fourth-order valence-corrected chi connectivity index (χ4v) is 4.18. The Bertz CT molecular complexity index is 1230. The highest BCUT2D eigenvalue weighted by atomic mass is 32.2. The molecule has 0 fully saturated rings. The van der Waals surface area contributed by atoms with Crippen molar-refractivity contribution in [2.24, 2.45) is 0 Å². The van der Waals surface area contributed by atoms with E-state index in [2.05, 4.69) is 24.2 Å². The van der Waals surface area contributed by atoms with Gasteiger partial charge in [0.05, 0.1) is 10.4 Å². The van der Waals surface area contributed by atoms with Crippen LogP contribution in [0.15, 0.2) is 53.4 Å². The van der Waals surface area contributed by atoms with Gasteiger partial charge in [-0.2, -0.15) is 0 Å². The highest BCUT2D eigenvalue weighted by molar-refractivity contribution is 7.92. The smallest absolute Gasteiger partial charge is 0.406 e. The second kappa shape index (κ2) is 9.44. The minimum absolute atomic E-state index is 0.190. The molecule has 1 heterocycles. The Morgan fingerprint density at radius 1 is 1.00 bits per heavy atom. The number of ether oxygens (including phenoxy) is 1. The van der Waals surface area contributed by atoms with E-state index < -0.39 is 22.1 Å². The molecule has 178 valence electrons. The average Bonchev–Trinajstić information content (AvgIpc) is 2.71. The number of benzene rings is 2. The van der Waals surface area contributed by atoms with Crippen LogP contribution in [0.1, 0.15) is 5.56 Å². The molecule has 11 heteroatoms. The van der Waals surface area contributed by atoms with Crippen molar-refractivity contribution in [3.8, 4) is 5.75 Å². The second-order valence-electron chi connectivity index (χ2n) is 7.88. The van der Waals surface area contributed by atoms with Gasteiger partial charge in [-0.25, -0.2) is 13.4 Å². The molecule has 3 rings (SSSR count). The SMILES string of the molecule is Cc1cc(N(C)CCN(C)C)nc2ccc(NS(=O)(=O)c3ccc(OC(F)(F)F)cc3)cc12. The van der Waals surface area contributed by atoms with Gasteiger partial charge in [0.15, 0.2) is 0 Å². The largest absolute Gasteiger partial charge is 0.573 e. The Morgan fingerprint density at radius 3 is 2.27 bits per heavy atom. The molecule has 0 bridgehead atoms. The van der Waals surface area contributed by atoms with Gasteiger partial charge in [-0.3, -0.25) is 4.72 Å². The fourth-order valence-electron chi connectivity index (χ4n) is 3.13. The van der Waals surface area contributed by atoms with E-state index in [1.54, 1.807) is 18.2 Å². The summed E-state index contributed by atoms with van der Waals surface area (Å²) in [5, 5.41) is 0.786. The number of fused-ring (bicyclic) bond motifs is 1. The van der Waals surface area contributed by atoms with Crippen LogP contribution in [-0.2, 0) is 10.0 Å². The van der Waals surface area contributed by atoms with Gasteiger partial charge in [-0.15, -0.1) is 13.2 Å². The number of nitrogens with zero attached hydrogens (tertiary/aromatic N) is 3. The molecule has 0 aliphatic heterocycles. The summed E-state index contributed by atoms with van der Waals surface area (Å²) in [6.07, 6.45) is -4.85. The van der Waals surface area contributed by atoms with Crippen molar-refractivity contribution in [1.82, 2.24) is 9.88 Å². The van der Waals surface area contributed by atoms with Crippen LogP contribution in [0.3, 0.4) is 0 Å². The lowest BCUT2D eigenvalue weighted by molar-refractivity contribution is -0.274. The number of hydrogen-bond donors (Lipinski definition) is 1. The third-order valence-corrected chi connectivity index (χ3v) is 6.29. The van der Waals surface area contributed by atoms with E-state index in [0.29, 0.717) is 5.69 Å². The van der Waals surface area contributed by atoms with Gasteiger partial charge in [0.2, 0.25) is 0 Å². The Kier molecular flexibility index (Phi) is 7.03. The van der Waals surface area contributed by atoms with Gasteiger partial charge in [0.25, 0.3) is 10.0 Å². The number of anilines is 2. The van der Waals surface area contributed by atoms with Crippen LogP contribution >= 0.6 is 0 Å². The molecule has 1 aromatic heterocycles. The zero-order valence-corrected chi connectivity index (χ0v) is 19.5.